The highest BCUT2D eigenvalue weighted by Crippen LogP contribution is 2.43. The van der Waals surface area contributed by atoms with Crippen LogP contribution in [0, 0.1) is 0 Å². The molecular formula is C16H25NO2. The molecule has 1 fully saturated rings. The molecule has 0 aromatic heterocycles. The Morgan fingerprint density at radius 1 is 1.16 bits per heavy atom. The van der Waals surface area contributed by atoms with E-state index < -0.39 is 0 Å². The van der Waals surface area contributed by atoms with Gasteiger partial charge in [-0.25, -0.2) is 0 Å². The van der Waals surface area contributed by atoms with Gasteiger partial charge < -0.3 is 15.2 Å². The summed E-state index contributed by atoms with van der Waals surface area (Å²) in [5.74, 6) is 0.965. The van der Waals surface area contributed by atoms with Crippen LogP contribution in [0.5, 0.6) is 5.75 Å². The summed E-state index contributed by atoms with van der Waals surface area (Å²) in [5.41, 5.74) is 8.68. The molecule has 0 saturated heterocycles. The summed E-state index contributed by atoms with van der Waals surface area (Å²) >= 11 is 0. The molecule has 0 aliphatic heterocycles. The van der Waals surface area contributed by atoms with E-state index in [-0.39, 0.29) is 5.41 Å². The van der Waals surface area contributed by atoms with Crippen LogP contribution in [0.15, 0.2) is 18.2 Å². The molecule has 0 heterocycles. The topological polar surface area (TPSA) is 44.5 Å². The summed E-state index contributed by atoms with van der Waals surface area (Å²) < 4.78 is 10.8. The van der Waals surface area contributed by atoms with E-state index in [1.165, 1.54) is 30.4 Å². The second-order valence-electron chi connectivity index (χ2n) is 5.51. The van der Waals surface area contributed by atoms with Crippen molar-refractivity contribution in [2.75, 3.05) is 20.8 Å². The van der Waals surface area contributed by atoms with Crippen LogP contribution in [0.1, 0.15) is 43.2 Å². The fourth-order valence-electron chi connectivity index (χ4n) is 3.24. The summed E-state index contributed by atoms with van der Waals surface area (Å²) in [6.45, 7) is 1.33. The van der Waals surface area contributed by atoms with E-state index in [1.807, 2.05) is 0 Å². The van der Waals surface area contributed by atoms with Crippen molar-refractivity contribution in [3.63, 3.8) is 0 Å². The maximum absolute atomic E-state index is 6.13. The molecule has 2 rings (SSSR count). The first-order valence-electron chi connectivity index (χ1n) is 7.12. The molecule has 106 valence electrons. The third-order valence-corrected chi connectivity index (χ3v) is 4.35. The van der Waals surface area contributed by atoms with Gasteiger partial charge in [0.2, 0.25) is 0 Å². The van der Waals surface area contributed by atoms with Crippen LogP contribution >= 0.6 is 0 Å². The maximum Gasteiger partial charge on any atom is 0.122 e. The third-order valence-electron chi connectivity index (χ3n) is 4.35. The van der Waals surface area contributed by atoms with Gasteiger partial charge in [0.1, 0.15) is 5.75 Å². The lowest BCUT2D eigenvalue weighted by Gasteiger charge is -2.38. The molecule has 2 N–H and O–H groups in total. The molecule has 3 heteroatoms. The third kappa shape index (κ3) is 2.93. The van der Waals surface area contributed by atoms with Crippen LogP contribution in [0.2, 0.25) is 0 Å². The second-order valence-corrected chi connectivity index (χ2v) is 5.51. The van der Waals surface area contributed by atoms with Gasteiger partial charge in [-0.05, 0) is 30.5 Å². The minimum Gasteiger partial charge on any atom is -0.496 e. The lowest BCUT2D eigenvalue weighted by molar-refractivity contribution is 0.184. The van der Waals surface area contributed by atoms with Gasteiger partial charge in [-0.3, -0.25) is 0 Å². The Bertz CT molecular complexity index is 411. The number of hydrogen-bond acceptors (Lipinski definition) is 3. The molecule has 1 aliphatic rings. The van der Waals surface area contributed by atoms with Crippen molar-refractivity contribution in [1.82, 2.24) is 0 Å². The van der Waals surface area contributed by atoms with E-state index in [2.05, 4.69) is 18.2 Å². The van der Waals surface area contributed by atoms with Crippen molar-refractivity contribution in [2.45, 2.75) is 44.1 Å². The van der Waals surface area contributed by atoms with E-state index in [0.717, 1.165) is 18.6 Å². The minimum atomic E-state index is 0.0906. The first-order chi connectivity index (χ1) is 9.25. The van der Waals surface area contributed by atoms with Crippen molar-refractivity contribution < 1.29 is 9.47 Å². The van der Waals surface area contributed by atoms with Crippen molar-refractivity contribution in [3.05, 3.63) is 29.3 Å². The summed E-state index contributed by atoms with van der Waals surface area (Å²) in [5, 5.41) is 0. The number of hydrogen-bond donors (Lipinski definition) is 1. The van der Waals surface area contributed by atoms with Gasteiger partial charge in [-0.1, -0.05) is 25.3 Å². The molecule has 0 spiro atoms. The molecule has 19 heavy (non-hydrogen) atoms. The fourth-order valence-corrected chi connectivity index (χ4v) is 3.24. The quantitative estimate of drug-likeness (QED) is 0.888. The predicted octanol–water partition coefficient (Wildman–Crippen LogP) is 3.00. The monoisotopic (exact) mass is 263 g/mol. The molecule has 1 saturated carbocycles. The van der Waals surface area contributed by atoms with Crippen LogP contribution in [0.3, 0.4) is 0 Å². The zero-order valence-corrected chi connectivity index (χ0v) is 12.1. The first kappa shape index (κ1) is 14.4. The van der Waals surface area contributed by atoms with E-state index in [1.54, 1.807) is 14.2 Å². The van der Waals surface area contributed by atoms with Gasteiger partial charge in [-0.15, -0.1) is 0 Å². The average molecular weight is 263 g/mol. The second kappa shape index (κ2) is 6.40. The standard InChI is InChI=1S/C16H25NO2/c1-18-11-13-6-7-15(19-2)14(10-13)16(12-17)8-4-3-5-9-16/h6-7,10H,3-5,8-9,11-12,17H2,1-2H3. The van der Waals surface area contributed by atoms with Crippen molar-refractivity contribution in [3.8, 4) is 5.75 Å². The van der Waals surface area contributed by atoms with E-state index in [9.17, 15) is 0 Å². The Hall–Kier alpha value is -1.06. The average Bonchev–Trinajstić information content (AvgIpc) is 2.48. The van der Waals surface area contributed by atoms with E-state index in [4.69, 9.17) is 15.2 Å². The number of ether oxygens (including phenoxy) is 2. The maximum atomic E-state index is 6.13. The molecule has 1 aromatic rings. The van der Waals surface area contributed by atoms with Gasteiger partial charge in [-0.2, -0.15) is 0 Å². The van der Waals surface area contributed by atoms with Crippen LogP contribution < -0.4 is 10.5 Å². The summed E-state index contributed by atoms with van der Waals surface area (Å²) in [6, 6.07) is 6.34. The SMILES string of the molecule is COCc1ccc(OC)c(C2(CN)CCCCC2)c1. The van der Waals surface area contributed by atoms with Crippen LogP contribution in [0.4, 0.5) is 0 Å². The molecule has 0 bridgehead atoms. The molecular weight excluding hydrogens is 238 g/mol. The first-order valence-corrected chi connectivity index (χ1v) is 7.12. The molecule has 0 atom stereocenters. The van der Waals surface area contributed by atoms with Crippen molar-refractivity contribution in [2.24, 2.45) is 5.73 Å². The Labute approximate surface area is 116 Å². The van der Waals surface area contributed by atoms with Crippen molar-refractivity contribution >= 4 is 0 Å². The molecule has 3 nitrogen and oxygen atoms in total. The van der Waals surface area contributed by atoms with E-state index in [0.29, 0.717) is 13.2 Å². The fraction of sp³-hybridized carbons (Fsp3) is 0.625. The largest absolute Gasteiger partial charge is 0.496 e. The van der Waals surface area contributed by atoms with Gasteiger partial charge in [0.05, 0.1) is 13.7 Å². The zero-order valence-electron chi connectivity index (χ0n) is 12.1. The highest BCUT2D eigenvalue weighted by molar-refractivity contribution is 5.43. The number of nitrogens with two attached hydrogens (primary N) is 1. The Kier molecular flexibility index (Phi) is 4.83. The van der Waals surface area contributed by atoms with Crippen molar-refractivity contribution in [1.29, 1.82) is 0 Å². The molecule has 0 amide bonds. The smallest absolute Gasteiger partial charge is 0.122 e. The normalized spacial score (nSPS) is 18.3. The number of methoxy groups -OCH3 is 2. The van der Waals surface area contributed by atoms with Crippen LogP contribution in [-0.4, -0.2) is 20.8 Å². The Morgan fingerprint density at radius 3 is 2.47 bits per heavy atom. The lowest BCUT2D eigenvalue weighted by Crippen LogP contribution is -2.37. The summed E-state index contributed by atoms with van der Waals surface area (Å²) in [4.78, 5) is 0. The minimum absolute atomic E-state index is 0.0906. The molecule has 1 aromatic carbocycles. The summed E-state index contributed by atoms with van der Waals surface area (Å²) in [7, 11) is 3.46. The summed E-state index contributed by atoms with van der Waals surface area (Å²) in [6.07, 6.45) is 6.16. The van der Waals surface area contributed by atoms with Gasteiger partial charge >= 0.3 is 0 Å². The van der Waals surface area contributed by atoms with Gasteiger partial charge in [0.15, 0.2) is 0 Å². The predicted molar refractivity (Wildman–Crippen MR) is 77.5 cm³/mol. The Morgan fingerprint density at radius 2 is 1.89 bits per heavy atom. The molecule has 1 aliphatic carbocycles. The number of benzene rings is 1. The Balaban J connectivity index is 2.41. The molecule has 0 unspecified atom stereocenters. The molecule has 0 radical (unpaired) electrons. The highest BCUT2D eigenvalue weighted by Gasteiger charge is 2.35. The van der Waals surface area contributed by atoms with Gasteiger partial charge in [0, 0.05) is 24.6 Å². The highest BCUT2D eigenvalue weighted by atomic mass is 16.5. The van der Waals surface area contributed by atoms with Crippen LogP contribution in [0.25, 0.3) is 0 Å². The lowest BCUT2D eigenvalue weighted by atomic mass is 9.69. The van der Waals surface area contributed by atoms with Gasteiger partial charge in [0.25, 0.3) is 0 Å². The number of rotatable bonds is 5. The zero-order chi connectivity index (χ0) is 13.7. The van der Waals surface area contributed by atoms with E-state index >= 15 is 0 Å². The van der Waals surface area contributed by atoms with Crippen LogP contribution in [-0.2, 0) is 16.8 Å².